The monoisotopic (exact) mass is 268 g/mol. The summed E-state index contributed by atoms with van der Waals surface area (Å²) in [7, 11) is 2.34. The van der Waals surface area contributed by atoms with E-state index < -0.39 is 5.60 Å². The molecule has 4 heteroatoms. The number of ether oxygens (including phenoxy) is 1. The molecule has 0 saturated heterocycles. The molecule has 0 saturated carbocycles. The Morgan fingerprint density at radius 3 is 2.16 bits per heavy atom. The van der Waals surface area contributed by atoms with E-state index in [-0.39, 0.29) is 5.50 Å². The predicted molar refractivity (Wildman–Crippen MR) is 88.7 cm³/mol. The molecule has 0 fully saturated rings. The smallest absolute Gasteiger partial charge is 0.127 e. The molecule has 0 rings (SSSR count). The van der Waals surface area contributed by atoms with E-state index in [4.69, 9.17) is 4.74 Å². The summed E-state index contributed by atoms with van der Waals surface area (Å²) in [5.41, 5.74) is -0.699. The maximum absolute atomic E-state index is 9.69. The molecule has 0 aliphatic rings. The lowest BCUT2D eigenvalue weighted by atomic mass is 9.27. The van der Waals surface area contributed by atoms with Gasteiger partial charge in [0.05, 0.1) is 12.8 Å². The lowest BCUT2D eigenvalue weighted by molar-refractivity contribution is -0.00670. The minimum Gasteiger partial charge on any atom is -0.390 e. The lowest BCUT2D eigenvalue weighted by Gasteiger charge is -2.28. The van der Waals surface area contributed by atoms with Crippen LogP contribution >= 0.6 is 0 Å². The number of hydrogen-bond acceptors (Lipinski definition) is 2. The maximum atomic E-state index is 9.69. The van der Waals surface area contributed by atoms with E-state index in [0.717, 1.165) is 18.9 Å². The van der Waals surface area contributed by atoms with Gasteiger partial charge in [0.25, 0.3) is 0 Å². The fourth-order valence-corrected chi connectivity index (χ4v) is 2.36. The molecule has 0 aromatic rings. The van der Waals surface area contributed by atoms with Gasteiger partial charge in [0, 0.05) is 12.1 Å². The Morgan fingerprint density at radius 1 is 1.16 bits per heavy atom. The number of aliphatic hydroxyl groups is 1. The Bertz CT molecular complexity index is 235. The van der Waals surface area contributed by atoms with Crippen LogP contribution in [0.2, 0.25) is 5.82 Å². The molecule has 0 spiro atoms. The Morgan fingerprint density at radius 2 is 1.74 bits per heavy atom. The molecule has 19 heavy (non-hydrogen) atoms. The van der Waals surface area contributed by atoms with Crippen LogP contribution < -0.4 is 0 Å². The first kappa shape index (κ1) is 19.0. The maximum Gasteiger partial charge on any atom is 0.127 e. The van der Waals surface area contributed by atoms with Crippen molar-refractivity contribution in [3.05, 3.63) is 0 Å². The summed E-state index contributed by atoms with van der Waals surface area (Å²) < 4.78 is 5.95. The topological polar surface area (TPSA) is 29.5 Å². The molecule has 2 nitrogen and oxygen atoms in total. The van der Waals surface area contributed by atoms with Gasteiger partial charge in [0.1, 0.15) is 7.17 Å². The first-order chi connectivity index (χ1) is 8.56. The average molecular weight is 268 g/mol. The number of hydrogen-bond donors (Lipinski definition) is 1. The zero-order valence-corrected chi connectivity index (χ0v) is 14.3. The average Bonchev–Trinajstić information content (AvgIpc) is 2.21. The van der Waals surface area contributed by atoms with Crippen LogP contribution in [0.5, 0.6) is 0 Å². The molecule has 0 bridgehead atoms. The van der Waals surface area contributed by atoms with Gasteiger partial charge in [-0.1, -0.05) is 39.4 Å². The quantitative estimate of drug-likeness (QED) is 0.617. The van der Waals surface area contributed by atoms with Gasteiger partial charge in [-0.05, 0) is 40.0 Å². The van der Waals surface area contributed by atoms with Crippen molar-refractivity contribution in [2.24, 2.45) is 5.92 Å². The van der Waals surface area contributed by atoms with E-state index in [1.165, 1.54) is 20.0 Å². The third kappa shape index (κ3) is 11.6. The Hall–Kier alpha value is 0.0499. The van der Waals surface area contributed by atoms with Crippen molar-refractivity contribution in [2.45, 2.75) is 84.6 Å². The van der Waals surface area contributed by atoms with Gasteiger partial charge < -0.3 is 9.84 Å². The Balaban J connectivity index is 4.00. The SMILES string of the molecule is CCC(BBC(C)(C)OCCC(C)(C)O)CC(C)C. The highest BCUT2D eigenvalue weighted by Crippen LogP contribution is 2.21. The fraction of sp³-hybridized carbons (Fsp3) is 1.00. The number of rotatable bonds is 10. The third-order valence-electron chi connectivity index (χ3n) is 3.74. The molecule has 1 N–H and O–H groups in total. The normalized spacial score (nSPS) is 14.6. The highest BCUT2D eigenvalue weighted by atomic mass is 16.5. The molecule has 1 unspecified atom stereocenters. The van der Waals surface area contributed by atoms with Crippen LogP contribution in [-0.4, -0.2) is 37.2 Å². The molecule has 0 aromatic heterocycles. The summed E-state index contributed by atoms with van der Waals surface area (Å²) in [6.45, 7) is 15.5. The predicted octanol–water partition coefficient (Wildman–Crippen LogP) is 2.93. The van der Waals surface area contributed by atoms with Gasteiger partial charge in [-0.25, -0.2) is 0 Å². The van der Waals surface area contributed by atoms with Crippen molar-refractivity contribution in [1.82, 2.24) is 0 Å². The molecule has 0 aromatic carbocycles. The first-order valence-electron chi connectivity index (χ1n) is 7.92. The molecule has 0 aliphatic carbocycles. The fourth-order valence-electron chi connectivity index (χ4n) is 2.36. The van der Waals surface area contributed by atoms with Crippen LogP contribution in [0.3, 0.4) is 0 Å². The van der Waals surface area contributed by atoms with Crippen molar-refractivity contribution < 1.29 is 9.84 Å². The summed E-state index contributed by atoms with van der Waals surface area (Å²) in [4.78, 5) is 0. The van der Waals surface area contributed by atoms with Crippen LogP contribution in [0.4, 0.5) is 0 Å². The van der Waals surface area contributed by atoms with Gasteiger partial charge in [0.2, 0.25) is 0 Å². The van der Waals surface area contributed by atoms with Gasteiger partial charge in [-0.15, -0.1) is 0 Å². The minimum atomic E-state index is -0.625. The second kappa shape index (κ2) is 8.36. The molecule has 112 valence electrons. The minimum absolute atomic E-state index is 0.0738. The summed E-state index contributed by atoms with van der Waals surface area (Å²) in [6, 6.07) is 0. The molecular weight excluding hydrogens is 234 g/mol. The Kier molecular flexibility index (Phi) is 8.38. The van der Waals surface area contributed by atoms with Crippen LogP contribution in [0.1, 0.15) is 67.7 Å². The summed E-state index contributed by atoms with van der Waals surface area (Å²) >= 11 is 0. The van der Waals surface area contributed by atoms with Crippen molar-refractivity contribution in [1.29, 1.82) is 0 Å². The highest BCUT2D eigenvalue weighted by molar-refractivity contribution is 7.02. The van der Waals surface area contributed by atoms with E-state index in [2.05, 4.69) is 34.6 Å². The molecule has 0 aliphatic heterocycles. The van der Waals surface area contributed by atoms with E-state index in [1.54, 1.807) is 0 Å². The Labute approximate surface area is 122 Å². The van der Waals surface area contributed by atoms with Gasteiger partial charge in [-0.3, -0.25) is 0 Å². The van der Waals surface area contributed by atoms with Crippen LogP contribution in [0.15, 0.2) is 0 Å². The van der Waals surface area contributed by atoms with Gasteiger partial charge in [0.15, 0.2) is 0 Å². The standard InChI is InChI=1S/C15H34B2O2/c1-8-13(11-12(2)3)16-17-15(6,7)19-10-9-14(4,5)18/h12-13,16-18H,8-11H2,1-7H3. The second-order valence-electron chi connectivity index (χ2n) is 7.61. The highest BCUT2D eigenvalue weighted by Gasteiger charge is 2.24. The van der Waals surface area contributed by atoms with Crippen molar-refractivity contribution >= 4 is 14.3 Å². The molecule has 1 atom stereocenters. The van der Waals surface area contributed by atoms with E-state index in [1.807, 2.05) is 13.8 Å². The van der Waals surface area contributed by atoms with Gasteiger partial charge in [-0.2, -0.15) is 0 Å². The molecule has 0 heterocycles. The van der Waals surface area contributed by atoms with Crippen LogP contribution in [0.25, 0.3) is 0 Å². The van der Waals surface area contributed by atoms with Crippen molar-refractivity contribution in [3.8, 4) is 0 Å². The zero-order chi connectivity index (χ0) is 15.1. The van der Waals surface area contributed by atoms with Crippen molar-refractivity contribution in [3.63, 3.8) is 0 Å². The van der Waals surface area contributed by atoms with Crippen molar-refractivity contribution in [2.75, 3.05) is 6.61 Å². The summed E-state index contributed by atoms with van der Waals surface area (Å²) in [5.74, 6) is 1.60. The molecule has 0 amide bonds. The summed E-state index contributed by atoms with van der Waals surface area (Å²) in [6.07, 6.45) is 3.27. The van der Waals surface area contributed by atoms with Gasteiger partial charge >= 0.3 is 0 Å². The zero-order valence-electron chi connectivity index (χ0n) is 14.3. The first-order valence-corrected chi connectivity index (χ1v) is 7.92. The molecule has 0 radical (unpaired) electrons. The van der Waals surface area contributed by atoms with Crippen LogP contribution in [-0.2, 0) is 4.74 Å². The largest absolute Gasteiger partial charge is 0.390 e. The van der Waals surface area contributed by atoms with E-state index >= 15 is 0 Å². The lowest BCUT2D eigenvalue weighted by Crippen LogP contribution is -2.38. The van der Waals surface area contributed by atoms with E-state index in [0.29, 0.717) is 13.0 Å². The summed E-state index contributed by atoms with van der Waals surface area (Å²) in [5, 5.41) is 9.69. The second-order valence-corrected chi connectivity index (χ2v) is 7.61. The van der Waals surface area contributed by atoms with E-state index in [9.17, 15) is 5.11 Å². The third-order valence-corrected chi connectivity index (χ3v) is 3.74. The van der Waals surface area contributed by atoms with Crippen LogP contribution in [0, 0.1) is 5.92 Å². The molecular formula is C15H34B2O2.